The summed E-state index contributed by atoms with van der Waals surface area (Å²) < 4.78 is 53.1. The average Bonchev–Trinajstić information content (AvgIpc) is 3.78. The normalized spacial score (nSPS) is 30.3. The number of nitrogens with zero attached hydrogens (tertiary/aromatic N) is 5. The van der Waals surface area contributed by atoms with Crippen molar-refractivity contribution in [2.45, 2.75) is 87.0 Å². The Balaban J connectivity index is 1.20. The monoisotopic (exact) mass is 636 g/mol. The smallest absolute Gasteiger partial charge is 0.319 e. The van der Waals surface area contributed by atoms with Crippen molar-refractivity contribution in [1.29, 1.82) is 0 Å². The first-order valence-electron chi connectivity index (χ1n) is 17.1. The summed E-state index contributed by atoms with van der Waals surface area (Å²) in [7, 11) is 0. The Morgan fingerprint density at radius 2 is 1.94 bits per heavy atom. The van der Waals surface area contributed by atoms with Crippen LogP contribution in [0, 0.1) is 23.5 Å². The molecule has 0 spiro atoms. The van der Waals surface area contributed by atoms with Crippen molar-refractivity contribution in [2.24, 2.45) is 0 Å². The lowest BCUT2D eigenvalue weighted by atomic mass is 9.88. The van der Waals surface area contributed by atoms with Gasteiger partial charge in [0, 0.05) is 41.7 Å². The Morgan fingerprint density at radius 1 is 1.00 bits per heavy atom. The van der Waals surface area contributed by atoms with Crippen LogP contribution in [0.1, 0.15) is 68.5 Å². The van der Waals surface area contributed by atoms with Crippen LogP contribution in [-0.4, -0.2) is 75.9 Å². The minimum absolute atomic E-state index is 0.0827. The summed E-state index contributed by atoms with van der Waals surface area (Å²) >= 11 is 0. The van der Waals surface area contributed by atoms with Crippen LogP contribution < -0.4 is 15.0 Å². The number of anilines is 1. The van der Waals surface area contributed by atoms with Crippen molar-refractivity contribution >= 4 is 27.5 Å². The zero-order valence-corrected chi connectivity index (χ0v) is 26.0. The van der Waals surface area contributed by atoms with Gasteiger partial charge in [0.15, 0.2) is 5.82 Å². The number of piperazine rings is 1. The van der Waals surface area contributed by atoms with E-state index < -0.39 is 11.6 Å². The molecule has 2 aromatic heterocycles. The highest BCUT2D eigenvalue weighted by molar-refractivity contribution is 6.03. The van der Waals surface area contributed by atoms with Gasteiger partial charge in [-0.15, -0.1) is 0 Å². The number of hydrogen-bond donors (Lipinski definition) is 1. The van der Waals surface area contributed by atoms with E-state index in [4.69, 9.17) is 19.7 Å². The number of halogens is 3. The highest BCUT2D eigenvalue weighted by atomic mass is 19.1. The quantitative estimate of drug-likeness (QED) is 0.275. The molecule has 6 aliphatic rings. The van der Waals surface area contributed by atoms with E-state index in [0.29, 0.717) is 46.9 Å². The van der Waals surface area contributed by atoms with E-state index in [-0.39, 0.29) is 59.0 Å². The zero-order chi connectivity index (χ0) is 31.4. The second-order valence-electron chi connectivity index (χ2n) is 14.4. The van der Waals surface area contributed by atoms with Crippen LogP contribution in [0.3, 0.4) is 0 Å². The fourth-order valence-corrected chi connectivity index (χ4v) is 9.78. The minimum Gasteiger partial charge on any atom is -0.461 e. The largest absolute Gasteiger partial charge is 0.461 e. The highest BCUT2D eigenvalue weighted by Crippen LogP contribution is 2.46. The fraction of sp³-hybridized carbons (Fsp3) is 0.486. The Hall–Kier alpha value is -3.94. The van der Waals surface area contributed by atoms with E-state index >= 15 is 8.78 Å². The van der Waals surface area contributed by atoms with Crippen molar-refractivity contribution in [3.05, 3.63) is 53.2 Å². The topological polar surface area (TPSA) is 66.4 Å². The number of ether oxygens (including phenoxy) is 1. The summed E-state index contributed by atoms with van der Waals surface area (Å²) in [5, 5.41) is 5.70. The second-order valence-corrected chi connectivity index (χ2v) is 14.4. The van der Waals surface area contributed by atoms with Gasteiger partial charge in [0.1, 0.15) is 36.1 Å². The van der Waals surface area contributed by atoms with Crippen LogP contribution in [0.25, 0.3) is 32.9 Å². The maximum absolute atomic E-state index is 17.2. The molecule has 4 fully saturated rings. The fourth-order valence-electron chi connectivity index (χ4n) is 9.78. The highest BCUT2D eigenvalue weighted by Gasteiger charge is 2.50. The van der Waals surface area contributed by atoms with E-state index in [1.54, 1.807) is 12.1 Å². The van der Waals surface area contributed by atoms with E-state index in [1.165, 1.54) is 6.07 Å². The number of nitrogens with one attached hydrogen (secondary N) is 1. The molecule has 10 heteroatoms. The van der Waals surface area contributed by atoms with Crippen LogP contribution in [0.5, 0.6) is 6.01 Å². The number of pyridine rings is 1. The third-order valence-corrected chi connectivity index (χ3v) is 12.0. The molecule has 8 heterocycles. The molecule has 7 nitrogen and oxygen atoms in total. The van der Waals surface area contributed by atoms with Crippen molar-refractivity contribution in [1.82, 2.24) is 25.2 Å². The first-order valence-corrected chi connectivity index (χ1v) is 17.1. The zero-order valence-electron chi connectivity index (χ0n) is 26.0. The molecule has 4 bridgehead atoms. The number of hydrogen-bond acceptors (Lipinski definition) is 7. The summed E-state index contributed by atoms with van der Waals surface area (Å²) in [6.07, 6.45) is 7.26. The van der Waals surface area contributed by atoms with Gasteiger partial charge in [-0.1, -0.05) is 36.1 Å². The molecule has 6 atom stereocenters. The molecule has 0 aliphatic carbocycles. The van der Waals surface area contributed by atoms with Crippen LogP contribution in [-0.2, 0) is 0 Å². The molecule has 1 N–H and O–H groups in total. The summed E-state index contributed by atoms with van der Waals surface area (Å²) in [4.78, 5) is 19.6. The Labute approximate surface area is 270 Å². The van der Waals surface area contributed by atoms with Gasteiger partial charge in [-0.2, -0.15) is 9.97 Å². The molecule has 2 aromatic carbocycles. The molecule has 0 unspecified atom stereocenters. The molecule has 6 aliphatic heterocycles. The summed E-state index contributed by atoms with van der Waals surface area (Å²) in [6, 6.07) is 9.44. The van der Waals surface area contributed by atoms with Gasteiger partial charge in [0.2, 0.25) is 0 Å². The maximum Gasteiger partial charge on any atom is 0.319 e. The van der Waals surface area contributed by atoms with Gasteiger partial charge >= 0.3 is 6.01 Å². The van der Waals surface area contributed by atoms with Crippen molar-refractivity contribution in [3.8, 4) is 29.1 Å². The first kappa shape index (κ1) is 28.1. The molecule has 10 rings (SSSR count). The molecular formula is C37H35F3N6O. The molecule has 4 saturated heterocycles. The molecule has 0 saturated carbocycles. The first-order chi connectivity index (χ1) is 23.0. The third kappa shape index (κ3) is 4.05. The number of benzene rings is 2. The molecule has 0 amide bonds. The predicted octanol–water partition coefficient (Wildman–Crippen LogP) is 6.02. The lowest BCUT2D eigenvalue weighted by Gasteiger charge is -2.43. The Bertz CT molecular complexity index is 2040. The van der Waals surface area contributed by atoms with Crippen molar-refractivity contribution < 1.29 is 17.9 Å². The van der Waals surface area contributed by atoms with Gasteiger partial charge < -0.3 is 15.0 Å². The Kier molecular flexibility index (Phi) is 6.15. The van der Waals surface area contributed by atoms with E-state index in [1.807, 2.05) is 12.1 Å². The van der Waals surface area contributed by atoms with E-state index in [9.17, 15) is 4.39 Å². The van der Waals surface area contributed by atoms with Gasteiger partial charge in [-0.25, -0.2) is 18.2 Å². The number of alkyl halides is 1. The van der Waals surface area contributed by atoms with Gasteiger partial charge in [-0.3, -0.25) is 4.90 Å². The minimum atomic E-state index is -0.574. The molecule has 0 radical (unpaired) electrons. The van der Waals surface area contributed by atoms with Crippen molar-refractivity contribution in [2.75, 3.05) is 31.3 Å². The molecule has 47 heavy (non-hydrogen) atoms. The second kappa shape index (κ2) is 10.3. The predicted molar refractivity (Wildman–Crippen MR) is 173 cm³/mol. The number of fused-ring (bicyclic) bond motifs is 8. The van der Waals surface area contributed by atoms with Crippen LogP contribution in [0.15, 0.2) is 30.3 Å². The van der Waals surface area contributed by atoms with Crippen LogP contribution in [0.2, 0.25) is 0 Å². The maximum atomic E-state index is 17.2. The van der Waals surface area contributed by atoms with Crippen LogP contribution >= 0.6 is 0 Å². The van der Waals surface area contributed by atoms with Crippen LogP contribution in [0.4, 0.5) is 19.0 Å². The lowest BCUT2D eigenvalue weighted by molar-refractivity contribution is 0.0772. The Morgan fingerprint density at radius 3 is 2.85 bits per heavy atom. The van der Waals surface area contributed by atoms with Gasteiger partial charge in [-0.05, 0) is 69.4 Å². The number of aromatic nitrogens is 3. The summed E-state index contributed by atoms with van der Waals surface area (Å²) in [5.74, 6) is 5.87. The third-order valence-electron chi connectivity index (χ3n) is 12.0. The molecular weight excluding hydrogens is 601 g/mol. The number of rotatable bonds is 4. The van der Waals surface area contributed by atoms with E-state index in [0.717, 1.165) is 63.4 Å². The van der Waals surface area contributed by atoms with Gasteiger partial charge in [0.05, 0.1) is 28.1 Å². The molecule has 240 valence electrons. The molecule has 4 aromatic rings. The lowest BCUT2D eigenvalue weighted by Crippen LogP contribution is -2.58. The van der Waals surface area contributed by atoms with E-state index in [2.05, 4.69) is 27.0 Å². The average molecular weight is 637 g/mol. The van der Waals surface area contributed by atoms with Crippen molar-refractivity contribution in [3.63, 3.8) is 0 Å². The standard InChI is InChI=1S/C37H35F3N6O/c38-17-23-13-15-37(14-2-16-46(23)37)19-47-36-43-34-30-32-21(7-12-28-27-11-8-22(41-27)18-45(28)35(30)44-36)5-9-24-26(39)10-6-20-3-1-4-25(29(20)24)33(42-32)31(34)40/h1,3-4,6,10,21-23,27-28,41H,2,7-8,11-19H2/t21-,22-,23+,27+,28-,37+/m1/s1. The summed E-state index contributed by atoms with van der Waals surface area (Å²) in [6.45, 7) is 1.57. The van der Waals surface area contributed by atoms with Gasteiger partial charge in [0.25, 0.3) is 0 Å². The SMILES string of the molecule is FC[C@@H]1CC[C@]2(COc3nc4c5c6nc(c(F)c5n3)-c3cccc5ccc(F)c(c35)C#C[C@@H]6CC[C@@H]3[C@@H]5CC[C@H](CN43)N5)CCCN12. The summed E-state index contributed by atoms with van der Waals surface area (Å²) in [5.41, 5.74) is 1.44.